The number of urea groups is 1. The van der Waals surface area contributed by atoms with E-state index in [0.717, 1.165) is 40.6 Å². The van der Waals surface area contributed by atoms with E-state index in [0.29, 0.717) is 38.2 Å². The van der Waals surface area contributed by atoms with Gasteiger partial charge in [0.2, 0.25) is 0 Å². The number of benzene rings is 2. The summed E-state index contributed by atoms with van der Waals surface area (Å²) in [7, 11) is -3.57. The van der Waals surface area contributed by atoms with E-state index in [1.807, 2.05) is 55.1 Å². The number of nitrogens with two attached hydrogens (primary N) is 1. The summed E-state index contributed by atoms with van der Waals surface area (Å²) in [6.45, 7) is 5.01. The summed E-state index contributed by atoms with van der Waals surface area (Å²) in [4.78, 5) is 46.5. The quantitative estimate of drug-likeness (QED) is 0.201. The number of sulfonamides is 1. The van der Waals surface area contributed by atoms with Gasteiger partial charge in [0.15, 0.2) is 6.10 Å². The van der Waals surface area contributed by atoms with Crippen molar-refractivity contribution in [2.75, 3.05) is 36.9 Å². The summed E-state index contributed by atoms with van der Waals surface area (Å²) in [5, 5.41) is 2.99. The lowest BCUT2D eigenvalue weighted by molar-refractivity contribution is -0.126. The fourth-order valence-electron chi connectivity index (χ4n) is 5.30. The van der Waals surface area contributed by atoms with E-state index in [-0.39, 0.29) is 18.5 Å². The van der Waals surface area contributed by atoms with Gasteiger partial charge in [0, 0.05) is 49.3 Å². The van der Waals surface area contributed by atoms with Crippen molar-refractivity contribution in [2.24, 2.45) is 9.39 Å². The van der Waals surface area contributed by atoms with E-state index in [9.17, 15) is 22.8 Å². The molecule has 0 spiro atoms. The van der Waals surface area contributed by atoms with Crippen molar-refractivity contribution in [3.8, 4) is 0 Å². The molecule has 2 aromatic rings. The molecular formula is C33H36N6O6S. The Bertz CT molecular complexity index is 1800. The molecule has 0 saturated carbocycles. The number of hydrogen-bond acceptors (Lipinski definition) is 7. The zero-order valence-corrected chi connectivity index (χ0v) is 26.8. The molecule has 0 unspecified atom stereocenters. The summed E-state index contributed by atoms with van der Waals surface area (Å²) in [6, 6.07) is 11.2. The summed E-state index contributed by atoms with van der Waals surface area (Å²) in [6.07, 6.45) is 3.50. The Labute approximate surface area is 268 Å². The molecule has 2 aliphatic rings. The second kappa shape index (κ2) is 15.2. The zero-order chi connectivity index (χ0) is 33.3. The first-order valence-electron chi connectivity index (χ1n) is 14.7. The number of likely N-dealkylation sites (tertiary alicyclic amines) is 1. The number of anilines is 2. The monoisotopic (exact) mass is 644 g/mol. The number of nitrogen functional groups attached to an aromatic ring is 1. The molecule has 2 aliphatic heterocycles. The van der Waals surface area contributed by atoms with Crippen LogP contribution >= 0.6 is 0 Å². The lowest BCUT2D eigenvalue weighted by Crippen LogP contribution is -2.50. The van der Waals surface area contributed by atoms with E-state index in [2.05, 4.69) is 37.9 Å². The number of aryl methyl sites for hydroxylation is 2. The number of nitrogens with zero attached hydrogens (tertiary/aromatic N) is 4. The predicted octanol–water partition coefficient (Wildman–Crippen LogP) is 3.74. The number of piperidine rings is 1. The summed E-state index contributed by atoms with van der Waals surface area (Å²) in [5.74, 6) is 3.72. The first-order valence-corrected chi connectivity index (χ1v) is 16.6. The standard InChI is InChI=1S/C33H36N6O6S/c1-23-20-25(21-24(2)30(23)34)22-29(31(40)35-15-8-4-5-9-16-36-46(3,43)44)45-33(42)38-17-13-27(14-18-38)39-19-12-26-10-6-7-11-28(26)37-32(39)41/h4-7,10-11,20-21,27,29H,12-14,17-19,22,34H2,1-3H3,(H,37,41)/t29-/m1/s1. The third-order valence-corrected chi connectivity index (χ3v) is 8.08. The van der Waals surface area contributed by atoms with Crippen LogP contribution in [0.3, 0.4) is 0 Å². The van der Waals surface area contributed by atoms with Crippen molar-refractivity contribution < 1.29 is 27.5 Å². The van der Waals surface area contributed by atoms with E-state index < -0.39 is 28.1 Å². The minimum atomic E-state index is -3.57. The largest absolute Gasteiger partial charge is 0.435 e. The minimum Gasteiger partial charge on any atom is -0.435 e. The number of para-hydroxylation sites is 1. The summed E-state index contributed by atoms with van der Waals surface area (Å²) in [5.41, 5.74) is 15.9. The van der Waals surface area contributed by atoms with Gasteiger partial charge < -0.3 is 25.6 Å². The number of carbonyl (C=O) groups is 3. The molecule has 0 radical (unpaired) electrons. The Morgan fingerprint density at radius 1 is 1.09 bits per heavy atom. The second-order valence-corrected chi connectivity index (χ2v) is 12.7. The number of aliphatic imine (C=N–C) groups is 1. The van der Waals surface area contributed by atoms with E-state index in [1.165, 1.54) is 17.1 Å². The fourth-order valence-corrected chi connectivity index (χ4v) is 5.52. The summed E-state index contributed by atoms with van der Waals surface area (Å²) < 4.78 is 30.8. The van der Waals surface area contributed by atoms with Crippen LogP contribution in [0.15, 0.2) is 69.4 Å². The zero-order valence-electron chi connectivity index (χ0n) is 25.9. The Morgan fingerprint density at radius 3 is 2.41 bits per heavy atom. The number of rotatable bonds is 7. The highest BCUT2D eigenvalue weighted by Crippen LogP contribution is 2.25. The Morgan fingerprint density at radius 2 is 1.74 bits per heavy atom. The minimum absolute atomic E-state index is 0.0421. The lowest BCUT2D eigenvalue weighted by atomic mass is 10.00. The molecule has 13 heteroatoms. The molecule has 2 heterocycles. The number of hydrogen-bond donors (Lipinski definition) is 2. The maximum atomic E-state index is 13.3. The molecule has 3 N–H and O–H groups in total. The van der Waals surface area contributed by atoms with Gasteiger partial charge in [-0.15, -0.1) is 4.40 Å². The number of amides is 4. The highest BCUT2D eigenvalue weighted by Gasteiger charge is 2.33. The van der Waals surface area contributed by atoms with Crippen LogP contribution in [0.1, 0.15) is 35.1 Å². The third kappa shape index (κ3) is 9.43. The molecule has 0 aromatic heterocycles. The van der Waals surface area contributed by atoms with Crippen molar-refractivity contribution in [1.82, 2.24) is 9.80 Å². The molecule has 0 aliphatic carbocycles. The number of fused-ring (bicyclic) bond motifs is 1. The maximum Gasteiger partial charge on any atom is 0.410 e. The number of allylic oxidation sites excluding steroid dienone is 2. The molecule has 1 atom stereocenters. The van der Waals surface area contributed by atoms with Crippen LogP contribution in [-0.2, 0) is 32.4 Å². The van der Waals surface area contributed by atoms with Gasteiger partial charge in [-0.05, 0) is 85.0 Å². The smallest absolute Gasteiger partial charge is 0.410 e. The van der Waals surface area contributed by atoms with Crippen molar-refractivity contribution in [3.05, 3.63) is 82.3 Å². The van der Waals surface area contributed by atoms with Gasteiger partial charge in [-0.3, -0.25) is 4.79 Å². The Hall–Kier alpha value is -5.14. The number of nitrogens with one attached hydrogen (secondary N) is 1. The first kappa shape index (κ1) is 33.7. The van der Waals surface area contributed by atoms with Crippen molar-refractivity contribution >= 4 is 51.2 Å². The summed E-state index contributed by atoms with van der Waals surface area (Å²) >= 11 is 0. The van der Waals surface area contributed by atoms with Crippen LogP contribution < -0.4 is 11.1 Å². The molecule has 12 nitrogen and oxygen atoms in total. The van der Waals surface area contributed by atoms with Crippen LogP contribution in [0.5, 0.6) is 0 Å². The molecule has 0 bridgehead atoms. The molecule has 240 valence electrons. The maximum absolute atomic E-state index is 13.3. The van der Waals surface area contributed by atoms with Gasteiger partial charge in [-0.1, -0.05) is 30.3 Å². The van der Waals surface area contributed by atoms with Gasteiger partial charge >= 0.3 is 12.1 Å². The highest BCUT2D eigenvalue weighted by molar-refractivity contribution is 7.89. The van der Waals surface area contributed by atoms with Crippen molar-refractivity contribution in [2.45, 2.75) is 51.7 Å². The van der Waals surface area contributed by atoms with E-state index in [1.54, 1.807) is 0 Å². The first-order chi connectivity index (χ1) is 21.9. The number of ether oxygens (including phenoxy) is 1. The molecule has 1 saturated heterocycles. The van der Waals surface area contributed by atoms with Crippen LogP contribution in [0.25, 0.3) is 0 Å². The average Bonchev–Trinajstić information content (AvgIpc) is 3.18. The molecule has 1 fully saturated rings. The molecule has 4 rings (SSSR count). The van der Waals surface area contributed by atoms with Gasteiger partial charge in [-0.2, -0.15) is 4.99 Å². The van der Waals surface area contributed by atoms with Crippen molar-refractivity contribution in [1.29, 1.82) is 0 Å². The van der Waals surface area contributed by atoms with Crippen LogP contribution in [0.2, 0.25) is 0 Å². The van der Waals surface area contributed by atoms with Gasteiger partial charge in [0.25, 0.3) is 15.9 Å². The van der Waals surface area contributed by atoms with Crippen LogP contribution in [0.4, 0.5) is 21.0 Å². The highest BCUT2D eigenvalue weighted by atomic mass is 32.2. The average molecular weight is 645 g/mol. The van der Waals surface area contributed by atoms with Crippen molar-refractivity contribution in [3.63, 3.8) is 0 Å². The Kier molecular flexibility index (Phi) is 11.2. The normalized spacial score (nSPS) is 15.3. The van der Waals surface area contributed by atoms with Crippen LogP contribution in [0, 0.1) is 13.8 Å². The second-order valence-electron chi connectivity index (χ2n) is 11.1. The molecule has 4 amide bonds. The Balaban J connectivity index is 1.44. The topological polar surface area (TPSA) is 164 Å². The SMILES string of the molecule is Cc1cc(C[C@@H](OC(=O)N2CCC(N3CCc4ccccc4NC3=O)CC2)C(=O)N=C=C=CC=C=C=NS(C)(=O)=O)cc(C)c1N. The molecule has 46 heavy (non-hydrogen) atoms. The van der Waals surface area contributed by atoms with E-state index in [4.69, 9.17) is 10.5 Å². The van der Waals surface area contributed by atoms with Gasteiger partial charge in [0.1, 0.15) is 0 Å². The molecular weight excluding hydrogens is 608 g/mol. The third-order valence-electron chi connectivity index (χ3n) is 7.66. The fraction of sp³-hybridized carbons (Fsp3) is 0.364. The number of carbonyl (C=O) groups excluding carboxylic acids is 3. The lowest BCUT2D eigenvalue weighted by Gasteiger charge is -2.37. The van der Waals surface area contributed by atoms with Gasteiger partial charge in [0.05, 0.1) is 12.1 Å². The molecule has 2 aromatic carbocycles. The van der Waals surface area contributed by atoms with Crippen LogP contribution in [-0.4, -0.2) is 86.0 Å². The predicted molar refractivity (Wildman–Crippen MR) is 176 cm³/mol. The van der Waals surface area contributed by atoms with Gasteiger partial charge in [-0.25, -0.2) is 18.0 Å². The van der Waals surface area contributed by atoms with E-state index >= 15 is 0 Å².